The SMILES string of the molecule is Cc1c(C(=O)NCC2CCCO2)nn(C(C)C)c1Oc1ccc([N+](=O)[O-])cc1S(=O)(=O)N1CCCC1. The van der Waals surface area contributed by atoms with Crippen molar-refractivity contribution in [2.45, 2.75) is 63.5 Å². The fraction of sp³-hybridized carbons (Fsp3) is 0.565. The summed E-state index contributed by atoms with van der Waals surface area (Å²) in [6.45, 7) is 7.09. The number of rotatable bonds is 9. The Morgan fingerprint density at radius 2 is 2.03 bits per heavy atom. The summed E-state index contributed by atoms with van der Waals surface area (Å²) in [5.41, 5.74) is 0.224. The van der Waals surface area contributed by atoms with Crippen molar-refractivity contribution in [3.63, 3.8) is 0 Å². The molecule has 12 nitrogen and oxygen atoms in total. The first-order valence-electron chi connectivity index (χ1n) is 12.0. The molecule has 2 fully saturated rings. The maximum atomic E-state index is 13.4. The van der Waals surface area contributed by atoms with E-state index in [0.717, 1.165) is 18.9 Å². The van der Waals surface area contributed by atoms with Gasteiger partial charge in [0.05, 0.1) is 17.1 Å². The van der Waals surface area contributed by atoms with Gasteiger partial charge < -0.3 is 14.8 Å². The summed E-state index contributed by atoms with van der Waals surface area (Å²) in [5, 5.41) is 18.7. The predicted octanol–water partition coefficient (Wildman–Crippen LogP) is 3.17. The number of sulfonamides is 1. The molecule has 1 amide bonds. The number of nitrogens with zero attached hydrogens (tertiary/aromatic N) is 4. The Labute approximate surface area is 209 Å². The van der Waals surface area contributed by atoms with Crippen LogP contribution < -0.4 is 10.1 Å². The van der Waals surface area contributed by atoms with Gasteiger partial charge in [0.2, 0.25) is 15.9 Å². The Kier molecular flexibility index (Phi) is 7.62. The van der Waals surface area contributed by atoms with Gasteiger partial charge in [0.15, 0.2) is 5.69 Å². The molecule has 4 rings (SSSR count). The van der Waals surface area contributed by atoms with Crippen LogP contribution in [0.5, 0.6) is 11.6 Å². The summed E-state index contributed by atoms with van der Waals surface area (Å²) in [5.74, 6) is -0.261. The van der Waals surface area contributed by atoms with Gasteiger partial charge in [-0.05, 0) is 52.5 Å². The van der Waals surface area contributed by atoms with E-state index in [1.165, 1.54) is 21.1 Å². The molecule has 196 valence electrons. The number of non-ortho nitro benzene ring substituents is 1. The zero-order chi connectivity index (χ0) is 26.0. The number of benzene rings is 1. The fourth-order valence-electron chi connectivity index (χ4n) is 4.35. The highest BCUT2D eigenvalue weighted by Gasteiger charge is 2.33. The van der Waals surface area contributed by atoms with Crippen LogP contribution in [0.25, 0.3) is 0 Å². The summed E-state index contributed by atoms with van der Waals surface area (Å²) in [4.78, 5) is 23.4. The van der Waals surface area contributed by atoms with Gasteiger partial charge in [-0.3, -0.25) is 14.9 Å². The lowest BCUT2D eigenvalue weighted by atomic mass is 10.2. The standard InChI is InChI=1S/C23H31N5O7S/c1-15(2)27-23(16(3)21(25-27)22(29)24-14-18-7-6-12-34-18)35-19-9-8-17(28(30)31)13-20(19)36(32,33)26-10-4-5-11-26/h8-9,13,15,18H,4-7,10-12,14H2,1-3H3,(H,24,29). The molecule has 1 aromatic carbocycles. The molecule has 3 heterocycles. The Morgan fingerprint density at radius 3 is 2.64 bits per heavy atom. The van der Waals surface area contributed by atoms with Gasteiger partial charge in [-0.25, -0.2) is 13.1 Å². The fourth-order valence-corrected chi connectivity index (χ4v) is 6.00. The van der Waals surface area contributed by atoms with E-state index < -0.39 is 14.9 Å². The highest BCUT2D eigenvalue weighted by atomic mass is 32.2. The van der Waals surface area contributed by atoms with E-state index in [1.54, 1.807) is 6.92 Å². The molecule has 0 radical (unpaired) electrons. The smallest absolute Gasteiger partial charge is 0.272 e. The molecule has 36 heavy (non-hydrogen) atoms. The second-order valence-electron chi connectivity index (χ2n) is 9.26. The first-order chi connectivity index (χ1) is 17.1. The minimum absolute atomic E-state index is 0.0318. The summed E-state index contributed by atoms with van der Waals surface area (Å²) in [7, 11) is -4.04. The van der Waals surface area contributed by atoms with Crippen LogP contribution in [-0.4, -0.2) is 65.7 Å². The second kappa shape index (κ2) is 10.5. The van der Waals surface area contributed by atoms with Gasteiger partial charge in [0.1, 0.15) is 10.6 Å². The normalized spacial score (nSPS) is 18.6. The lowest BCUT2D eigenvalue weighted by Crippen LogP contribution is -2.32. The Balaban J connectivity index is 1.69. The minimum atomic E-state index is -4.04. The van der Waals surface area contributed by atoms with E-state index in [1.807, 2.05) is 13.8 Å². The molecule has 1 unspecified atom stereocenters. The highest BCUT2D eigenvalue weighted by molar-refractivity contribution is 7.89. The van der Waals surface area contributed by atoms with Gasteiger partial charge in [0.25, 0.3) is 11.6 Å². The molecular formula is C23H31N5O7S. The first kappa shape index (κ1) is 26.0. The third kappa shape index (κ3) is 5.22. The van der Waals surface area contributed by atoms with Crippen molar-refractivity contribution in [3.05, 3.63) is 39.6 Å². The molecule has 0 saturated carbocycles. The number of carbonyl (C=O) groups is 1. The van der Waals surface area contributed by atoms with E-state index in [9.17, 15) is 23.3 Å². The van der Waals surface area contributed by atoms with Crippen molar-refractivity contribution in [2.75, 3.05) is 26.2 Å². The van der Waals surface area contributed by atoms with Crippen LogP contribution in [0.15, 0.2) is 23.1 Å². The number of hydrogen-bond acceptors (Lipinski definition) is 8. The molecule has 2 aliphatic rings. The van der Waals surface area contributed by atoms with E-state index in [-0.39, 0.29) is 46.0 Å². The zero-order valence-electron chi connectivity index (χ0n) is 20.6. The number of amides is 1. The molecule has 13 heteroatoms. The van der Waals surface area contributed by atoms with Crippen molar-refractivity contribution >= 4 is 21.6 Å². The van der Waals surface area contributed by atoms with E-state index >= 15 is 0 Å². The number of hydrogen-bond donors (Lipinski definition) is 1. The van der Waals surface area contributed by atoms with Gasteiger partial charge >= 0.3 is 0 Å². The Bertz CT molecular complexity index is 1250. The molecule has 0 bridgehead atoms. The van der Waals surface area contributed by atoms with Crippen molar-refractivity contribution in [1.29, 1.82) is 0 Å². The van der Waals surface area contributed by atoms with E-state index in [2.05, 4.69) is 10.4 Å². The molecule has 2 aliphatic heterocycles. The third-order valence-corrected chi connectivity index (χ3v) is 8.26. The molecule has 0 spiro atoms. The third-order valence-electron chi connectivity index (χ3n) is 6.34. The number of nitrogens with one attached hydrogen (secondary N) is 1. The van der Waals surface area contributed by atoms with Crippen molar-refractivity contribution in [2.24, 2.45) is 0 Å². The van der Waals surface area contributed by atoms with E-state index in [0.29, 0.717) is 44.6 Å². The summed E-state index contributed by atoms with van der Waals surface area (Å²) in [6, 6.07) is 3.27. The number of nitro groups is 1. The number of carbonyl (C=O) groups excluding carboxylic acids is 1. The van der Waals surface area contributed by atoms with Crippen molar-refractivity contribution < 1.29 is 27.6 Å². The van der Waals surface area contributed by atoms with Gasteiger partial charge in [0, 0.05) is 43.9 Å². The van der Waals surface area contributed by atoms with Crippen LogP contribution in [0, 0.1) is 17.0 Å². The van der Waals surface area contributed by atoms with Gasteiger partial charge in [-0.2, -0.15) is 9.40 Å². The van der Waals surface area contributed by atoms with Crippen LogP contribution in [0.1, 0.15) is 61.6 Å². The molecular weight excluding hydrogens is 490 g/mol. The van der Waals surface area contributed by atoms with Gasteiger partial charge in [-0.15, -0.1) is 0 Å². The highest BCUT2D eigenvalue weighted by Crippen LogP contribution is 2.37. The molecule has 2 saturated heterocycles. The van der Waals surface area contributed by atoms with Crippen LogP contribution in [0.2, 0.25) is 0 Å². The number of ether oxygens (including phenoxy) is 2. The van der Waals surface area contributed by atoms with Crippen LogP contribution in [-0.2, 0) is 14.8 Å². The Morgan fingerprint density at radius 1 is 1.31 bits per heavy atom. The quantitative estimate of drug-likeness (QED) is 0.391. The summed E-state index contributed by atoms with van der Waals surface area (Å²) >= 11 is 0. The van der Waals surface area contributed by atoms with Crippen molar-refractivity contribution in [1.82, 2.24) is 19.4 Å². The van der Waals surface area contributed by atoms with Crippen LogP contribution in [0.3, 0.4) is 0 Å². The number of aromatic nitrogens is 2. The lowest BCUT2D eigenvalue weighted by Gasteiger charge is -2.19. The minimum Gasteiger partial charge on any atom is -0.438 e. The van der Waals surface area contributed by atoms with Crippen molar-refractivity contribution in [3.8, 4) is 11.6 Å². The molecule has 1 aromatic heterocycles. The molecule has 1 N–H and O–H groups in total. The average Bonchev–Trinajstić information content (AvgIpc) is 3.60. The maximum absolute atomic E-state index is 13.4. The average molecular weight is 522 g/mol. The second-order valence-corrected chi connectivity index (χ2v) is 11.2. The monoisotopic (exact) mass is 521 g/mol. The topological polar surface area (TPSA) is 146 Å². The first-order valence-corrected chi connectivity index (χ1v) is 13.5. The molecule has 0 aliphatic carbocycles. The van der Waals surface area contributed by atoms with E-state index in [4.69, 9.17) is 9.47 Å². The number of nitro benzene ring substituents is 1. The molecule has 1 atom stereocenters. The zero-order valence-corrected chi connectivity index (χ0v) is 21.4. The largest absolute Gasteiger partial charge is 0.438 e. The summed E-state index contributed by atoms with van der Waals surface area (Å²) < 4.78 is 41.2. The lowest BCUT2D eigenvalue weighted by molar-refractivity contribution is -0.385. The summed E-state index contributed by atoms with van der Waals surface area (Å²) in [6.07, 6.45) is 3.23. The van der Waals surface area contributed by atoms with Crippen LogP contribution in [0.4, 0.5) is 5.69 Å². The Hall–Kier alpha value is -3.03. The van der Waals surface area contributed by atoms with Gasteiger partial charge in [-0.1, -0.05) is 0 Å². The maximum Gasteiger partial charge on any atom is 0.272 e. The molecule has 2 aromatic rings. The predicted molar refractivity (Wildman–Crippen MR) is 130 cm³/mol. The van der Waals surface area contributed by atoms with Crippen LogP contribution >= 0.6 is 0 Å².